The molecule has 0 unspecified atom stereocenters. The molecule has 8 rings (SSSR count). The van der Waals surface area contributed by atoms with Gasteiger partial charge in [0, 0.05) is 51.6 Å². The molecule has 0 saturated carbocycles. The number of nitrogens with one attached hydrogen (secondary N) is 2. The number of aryl methyl sites for hydroxylation is 2. The number of hydrogen-bond donors (Lipinski definition) is 2. The summed E-state index contributed by atoms with van der Waals surface area (Å²) in [4.78, 5) is 40.3. The van der Waals surface area contributed by atoms with Crippen molar-refractivity contribution < 1.29 is 28.6 Å². The van der Waals surface area contributed by atoms with E-state index in [0.29, 0.717) is 61.2 Å². The summed E-state index contributed by atoms with van der Waals surface area (Å²) in [5.41, 5.74) is 1.86. The van der Waals surface area contributed by atoms with E-state index >= 15 is 0 Å². The van der Waals surface area contributed by atoms with Gasteiger partial charge in [0.1, 0.15) is 11.9 Å². The van der Waals surface area contributed by atoms with Gasteiger partial charge in [-0.15, -0.1) is 0 Å². The zero-order chi connectivity index (χ0) is 29.5. The molecule has 0 spiro atoms. The Morgan fingerprint density at radius 2 is 1.93 bits per heavy atom. The van der Waals surface area contributed by atoms with Crippen LogP contribution in [-0.4, -0.2) is 71.4 Å². The van der Waals surface area contributed by atoms with E-state index in [1.807, 2.05) is 36.4 Å². The monoisotopic (exact) mass is 595 g/mol. The van der Waals surface area contributed by atoms with Gasteiger partial charge in [-0.3, -0.25) is 19.1 Å². The van der Waals surface area contributed by atoms with Gasteiger partial charge in [-0.25, -0.2) is 0 Å². The normalized spacial score (nSPS) is 19.6. The van der Waals surface area contributed by atoms with E-state index < -0.39 is 6.04 Å². The number of nitrogens with zero attached hydrogens (tertiary/aromatic N) is 3. The fourth-order valence-electron chi connectivity index (χ4n) is 5.05. The van der Waals surface area contributed by atoms with E-state index in [1.165, 1.54) is 13.3 Å². The first-order chi connectivity index (χ1) is 20.4. The van der Waals surface area contributed by atoms with Crippen LogP contribution in [0.3, 0.4) is 0 Å². The second kappa shape index (κ2) is 13.6. The molecule has 3 aromatic rings. The molecule has 1 fully saturated rings. The number of halogens is 1. The molecule has 2 aromatic carbocycles. The van der Waals surface area contributed by atoms with Crippen LogP contribution in [0.4, 0.5) is 0 Å². The van der Waals surface area contributed by atoms with E-state index in [4.69, 9.17) is 25.8 Å². The average molecular weight is 596 g/mol. The summed E-state index contributed by atoms with van der Waals surface area (Å²) in [5, 5.41) is 10.6. The van der Waals surface area contributed by atoms with E-state index in [9.17, 15) is 14.4 Å². The summed E-state index contributed by atoms with van der Waals surface area (Å²) in [6.45, 7) is 1.33. The zero-order valence-corrected chi connectivity index (χ0v) is 24.1. The smallest absolute Gasteiger partial charge is 0.258 e. The summed E-state index contributed by atoms with van der Waals surface area (Å²) in [6, 6.07) is 12.4. The molecule has 5 aliphatic heterocycles. The zero-order valence-electron chi connectivity index (χ0n) is 23.4. The van der Waals surface area contributed by atoms with Crippen molar-refractivity contribution in [2.45, 2.75) is 50.9 Å². The summed E-state index contributed by atoms with van der Waals surface area (Å²) in [7, 11) is 1.53. The number of hydrogen-bond acceptors (Lipinski definition) is 7. The van der Waals surface area contributed by atoms with E-state index in [0.717, 1.165) is 11.1 Å². The first-order valence-electron chi connectivity index (χ1n) is 13.9. The topological polar surface area (TPSA) is 124 Å². The van der Waals surface area contributed by atoms with E-state index in [1.54, 1.807) is 21.8 Å². The van der Waals surface area contributed by atoms with Crippen LogP contribution in [0.15, 0.2) is 54.9 Å². The van der Waals surface area contributed by atoms with Crippen molar-refractivity contribution in [3.8, 4) is 17.2 Å². The number of carbonyl (C=O) groups excluding carboxylic acids is 3. The maximum absolute atomic E-state index is 13.1. The Labute approximate surface area is 249 Å². The van der Waals surface area contributed by atoms with Crippen molar-refractivity contribution >= 4 is 29.3 Å². The lowest BCUT2D eigenvalue weighted by molar-refractivity contribution is -0.135. The minimum Gasteiger partial charge on any atom is -0.493 e. The molecule has 12 heteroatoms. The van der Waals surface area contributed by atoms with Crippen molar-refractivity contribution in [2.75, 3.05) is 26.8 Å². The molecule has 4 bridgehead atoms. The van der Waals surface area contributed by atoms with Gasteiger partial charge in [-0.2, -0.15) is 5.10 Å². The molecule has 2 atom stereocenters. The maximum atomic E-state index is 13.1. The summed E-state index contributed by atoms with van der Waals surface area (Å²) in [5.74, 6) is 1.08. The van der Waals surface area contributed by atoms with Crippen molar-refractivity contribution in [1.82, 2.24) is 25.3 Å². The molecule has 0 aliphatic carbocycles. The molecule has 1 aromatic heterocycles. The third-order valence-electron chi connectivity index (χ3n) is 7.33. The number of benzene rings is 2. The number of likely N-dealkylation sites (tertiary alicyclic amines) is 1. The second-order valence-corrected chi connectivity index (χ2v) is 10.8. The second-order valence-electron chi connectivity index (χ2n) is 10.3. The Kier molecular flexibility index (Phi) is 9.48. The number of amides is 3. The molecule has 5 aliphatic rings. The van der Waals surface area contributed by atoms with Crippen LogP contribution in [0.25, 0.3) is 0 Å². The lowest BCUT2D eigenvalue weighted by atomic mass is 10.0. The van der Waals surface area contributed by atoms with Crippen LogP contribution in [0.5, 0.6) is 17.2 Å². The summed E-state index contributed by atoms with van der Waals surface area (Å²) in [6.07, 6.45) is 4.47. The van der Waals surface area contributed by atoms with Crippen molar-refractivity contribution in [3.63, 3.8) is 0 Å². The van der Waals surface area contributed by atoms with Gasteiger partial charge < -0.3 is 29.7 Å². The Hall–Kier alpha value is -4.25. The predicted octanol–water partition coefficient (Wildman–Crippen LogP) is 2.74. The van der Waals surface area contributed by atoms with Gasteiger partial charge in [-0.05, 0) is 41.8 Å². The van der Waals surface area contributed by atoms with Crippen LogP contribution in [0.2, 0.25) is 5.02 Å². The van der Waals surface area contributed by atoms with Crippen LogP contribution in [0.1, 0.15) is 30.4 Å². The van der Waals surface area contributed by atoms with Gasteiger partial charge in [-0.1, -0.05) is 29.8 Å². The predicted molar refractivity (Wildman–Crippen MR) is 154 cm³/mol. The molecule has 1 saturated heterocycles. The Morgan fingerprint density at radius 3 is 2.69 bits per heavy atom. The van der Waals surface area contributed by atoms with Crippen LogP contribution >= 0.6 is 11.6 Å². The van der Waals surface area contributed by atoms with Gasteiger partial charge in [0.2, 0.25) is 11.8 Å². The van der Waals surface area contributed by atoms with Crippen molar-refractivity contribution in [2.24, 2.45) is 0 Å². The highest BCUT2D eigenvalue weighted by molar-refractivity contribution is 6.30. The highest BCUT2D eigenvalue weighted by Gasteiger charge is 2.34. The van der Waals surface area contributed by atoms with Crippen LogP contribution < -0.4 is 24.8 Å². The number of ether oxygens (including phenoxy) is 3. The molecular weight excluding hydrogens is 562 g/mol. The molecule has 2 N–H and O–H groups in total. The van der Waals surface area contributed by atoms with Gasteiger partial charge in [0.25, 0.3) is 5.91 Å². The number of carbonyl (C=O) groups is 3. The van der Waals surface area contributed by atoms with Crippen molar-refractivity contribution in [3.05, 3.63) is 71.0 Å². The fourth-order valence-corrected chi connectivity index (χ4v) is 5.21. The molecule has 6 heterocycles. The molecule has 11 nitrogen and oxygen atoms in total. The standard InChI is InChI=1S/C30H34ClN5O6/c1-40-27-14-20-4-8-26(27)41-19-29(38)34-24-18-35(30(39)11-13-36-17-22(31)16-33-36)12-10-25(24)42-23-6-2-21(3-7-23)15-32-28(37)9-5-20/h2-4,6-8,14,16-17,24-25H,5,9-13,15,18-19H2,1H3,(H,32,37)(H,34,38)/t24-,25-/m1/s1. The lowest BCUT2D eigenvalue weighted by Crippen LogP contribution is -2.58. The minimum absolute atomic E-state index is 0.0479. The molecule has 0 radical (unpaired) electrons. The quantitative estimate of drug-likeness (QED) is 0.475. The Morgan fingerprint density at radius 1 is 1.12 bits per heavy atom. The minimum atomic E-state index is -0.466. The molecule has 222 valence electrons. The largest absolute Gasteiger partial charge is 0.493 e. The summed E-state index contributed by atoms with van der Waals surface area (Å²) < 4.78 is 19.2. The summed E-state index contributed by atoms with van der Waals surface area (Å²) >= 11 is 5.94. The van der Waals surface area contributed by atoms with E-state index in [2.05, 4.69) is 15.7 Å². The third kappa shape index (κ3) is 7.73. The van der Waals surface area contributed by atoms with Crippen molar-refractivity contribution in [1.29, 1.82) is 0 Å². The average Bonchev–Trinajstić information content (AvgIpc) is 3.42. The number of piperidine rings is 1. The van der Waals surface area contributed by atoms with Gasteiger partial charge in [0.05, 0.1) is 24.4 Å². The fraction of sp³-hybridized carbons (Fsp3) is 0.400. The number of rotatable bonds is 4. The molecular formula is C30H34ClN5O6. The lowest BCUT2D eigenvalue weighted by Gasteiger charge is -2.39. The van der Waals surface area contributed by atoms with Gasteiger partial charge in [0.15, 0.2) is 18.1 Å². The third-order valence-corrected chi connectivity index (χ3v) is 7.53. The Balaban J connectivity index is 1.32. The van der Waals surface area contributed by atoms with E-state index in [-0.39, 0.29) is 43.4 Å². The highest BCUT2D eigenvalue weighted by Crippen LogP contribution is 2.29. The highest BCUT2D eigenvalue weighted by atomic mass is 35.5. The number of aromatic nitrogens is 2. The van der Waals surface area contributed by atoms with Gasteiger partial charge >= 0.3 is 0 Å². The first kappa shape index (κ1) is 29.2. The maximum Gasteiger partial charge on any atom is 0.258 e. The first-order valence-corrected chi connectivity index (χ1v) is 14.3. The molecule has 42 heavy (non-hydrogen) atoms. The number of methoxy groups -OCH3 is 1. The van der Waals surface area contributed by atoms with Crippen LogP contribution in [0, 0.1) is 0 Å². The van der Waals surface area contributed by atoms with Crippen LogP contribution in [-0.2, 0) is 33.9 Å². The Bertz CT molecular complexity index is 1410. The molecule has 3 amide bonds. The SMILES string of the molecule is COc1cc2ccc1OCC(=O)N[C@@H]1CN(C(=O)CCn3cc(Cl)cn3)CC[C@H]1Oc1ccc(cc1)CNC(=O)CC2.